The highest BCUT2D eigenvalue weighted by molar-refractivity contribution is 5.89. The number of esters is 1. The van der Waals surface area contributed by atoms with E-state index in [1.807, 2.05) is 18.2 Å². The standard InChI is InChI=1S/C12H16O2/c1-4-9-6-7-11(12(13)14-3)8-10(9)5-2/h6-8H,4-5H2,1-3H3. The van der Waals surface area contributed by atoms with E-state index in [0.717, 1.165) is 12.8 Å². The molecule has 0 heterocycles. The molecule has 0 aromatic heterocycles. The minimum Gasteiger partial charge on any atom is -0.465 e. The molecule has 0 bridgehead atoms. The summed E-state index contributed by atoms with van der Waals surface area (Å²) < 4.78 is 4.67. The van der Waals surface area contributed by atoms with Crippen LogP contribution in [-0.4, -0.2) is 13.1 Å². The molecule has 1 aromatic carbocycles. The van der Waals surface area contributed by atoms with Crippen LogP contribution < -0.4 is 0 Å². The van der Waals surface area contributed by atoms with Gasteiger partial charge in [0.2, 0.25) is 0 Å². The molecule has 0 amide bonds. The normalized spacial score (nSPS) is 9.93. The molecule has 0 radical (unpaired) electrons. The average Bonchev–Trinajstić information content (AvgIpc) is 2.26. The fourth-order valence-electron chi connectivity index (χ4n) is 1.54. The maximum Gasteiger partial charge on any atom is 0.337 e. The maximum absolute atomic E-state index is 11.3. The number of methoxy groups -OCH3 is 1. The lowest BCUT2D eigenvalue weighted by Crippen LogP contribution is -2.03. The zero-order valence-electron chi connectivity index (χ0n) is 8.96. The molecule has 14 heavy (non-hydrogen) atoms. The Bertz CT molecular complexity index is 329. The lowest BCUT2D eigenvalue weighted by molar-refractivity contribution is 0.0600. The van der Waals surface area contributed by atoms with Crippen LogP contribution in [0.5, 0.6) is 0 Å². The Kier molecular flexibility index (Phi) is 3.69. The molecule has 0 saturated carbocycles. The predicted molar refractivity (Wildman–Crippen MR) is 56.5 cm³/mol. The quantitative estimate of drug-likeness (QED) is 0.688. The molecule has 0 N–H and O–H groups in total. The lowest BCUT2D eigenvalue weighted by Gasteiger charge is -2.07. The molecule has 0 aliphatic rings. The monoisotopic (exact) mass is 192 g/mol. The number of hydrogen-bond donors (Lipinski definition) is 0. The first-order valence-electron chi connectivity index (χ1n) is 4.93. The van der Waals surface area contributed by atoms with Crippen molar-refractivity contribution in [2.24, 2.45) is 0 Å². The highest BCUT2D eigenvalue weighted by Gasteiger charge is 2.07. The zero-order valence-corrected chi connectivity index (χ0v) is 8.96. The lowest BCUT2D eigenvalue weighted by atomic mass is 10.0. The van der Waals surface area contributed by atoms with Gasteiger partial charge in [0.25, 0.3) is 0 Å². The summed E-state index contributed by atoms with van der Waals surface area (Å²) >= 11 is 0. The van der Waals surface area contributed by atoms with Crippen molar-refractivity contribution < 1.29 is 9.53 Å². The van der Waals surface area contributed by atoms with E-state index < -0.39 is 0 Å². The first kappa shape index (κ1) is 10.8. The second-order valence-corrected chi connectivity index (χ2v) is 3.18. The van der Waals surface area contributed by atoms with Crippen molar-refractivity contribution in [3.05, 3.63) is 34.9 Å². The third-order valence-corrected chi connectivity index (χ3v) is 2.39. The molecule has 1 aromatic rings. The van der Waals surface area contributed by atoms with Gasteiger partial charge in [0.05, 0.1) is 12.7 Å². The van der Waals surface area contributed by atoms with Gasteiger partial charge in [-0.3, -0.25) is 0 Å². The molecule has 0 fully saturated rings. The van der Waals surface area contributed by atoms with Gasteiger partial charge in [0, 0.05) is 0 Å². The molecule has 1 rings (SSSR count). The highest BCUT2D eigenvalue weighted by atomic mass is 16.5. The molecule has 2 nitrogen and oxygen atoms in total. The number of aryl methyl sites for hydroxylation is 2. The van der Waals surface area contributed by atoms with Gasteiger partial charge in [0.15, 0.2) is 0 Å². The SMILES string of the molecule is CCc1ccc(C(=O)OC)cc1CC. The maximum atomic E-state index is 11.3. The van der Waals surface area contributed by atoms with Crippen molar-refractivity contribution in [3.8, 4) is 0 Å². The van der Waals surface area contributed by atoms with Gasteiger partial charge >= 0.3 is 5.97 Å². The Hall–Kier alpha value is -1.31. The van der Waals surface area contributed by atoms with Crippen LogP contribution in [0.2, 0.25) is 0 Å². The van der Waals surface area contributed by atoms with E-state index in [4.69, 9.17) is 0 Å². The molecule has 0 saturated heterocycles. The summed E-state index contributed by atoms with van der Waals surface area (Å²) in [5, 5.41) is 0. The number of rotatable bonds is 3. The molecular formula is C12H16O2. The molecule has 0 aliphatic carbocycles. The van der Waals surface area contributed by atoms with Gasteiger partial charge < -0.3 is 4.74 Å². The van der Waals surface area contributed by atoms with Gasteiger partial charge in [-0.15, -0.1) is 0 Å². The highest BCUT2D eigenvalue weighted by Crippen LogP contribution is 2.14. The second-order valence-electron chi connectivity index (χ2n) is 3.18. The first-order valence-corrected chi connectivity index (χ1v) is 4.93. The summed E-state index contributed by atoms with van der Waals surface area (Å²) in [5.74, 6) is -0.262. The molecule has 0 aliphatic heterocycles. The summed E-state index contributed by atoms with van der Waals surface area (Å²) in [6.07, 6.45) is 1.96. The van der Waals surface area contributed by atoms with Crippen LogP contribution in [-0.2, 0) is 17.6 Å². The smallest absolute Gasteiger partial charge is 0.337 e. The molecule has 2 heteroatoms. The van der Waals surface area contributed by atoms with E-state index in [2.05, 4.69) is 18.6 Å². The van der Waals surface area contributed by atoms with Crippen molar-refractivity contribution in [1.29, 1.82) is 0 Å². The topological polar surface area (TPSA) is 26.3 Å². The second kappa shape index (κ2) is 4.80. The summed E-state index contributed by atoms with van der Waals surface area (Å²) in [6, 6.07) is 5.75. The van der Waals surface area contributed by atoms with Gasteiger partial charge in [-0.05, 0) is 36.1 Å². The van der Waals surface area contributed by atoms with Crippen LogP contribution in [0.3, 0.4) is 0 Å². The van der Waals surface area contributed by atoms with Crippen LogP contribution in [0.25, 0.3) is 0 Å². The van der Waals surface area contributed by atoms with E-state index >= 15 is 0 Å². The summed E-state index contributed by atoms with van der Waals surface area (Å²) in [5.41, 5.74) is 3.18. The molecule has 76 valence electrons. The van der Waals surface area contributed by atoms with Crippen LogP contribution >= 0.6 is 0 Å². The summed E-state index contributed by atoms with van der Waals surface area (Å²) in [4.78, 5) is 11.3. The van der Waals surface area contributed by atoms with E-state index in [0.29, 0.717) is 5.56 Å². The Balaban J connectivity index is 3.07. The Morgan fingerprint density at radius 1 is 1.21 bits per heavy atom. The van der Waals surface area contributed by atoms with Crippen molar-refractivity contribution in [1.82, 2.24) is 0 Å². The van der Waals surface area contributed by atoms with Crippen LogP contribution in [0.15, 0.2) is 18.2 Å². The van der Waals surface area contributed by atoms with E-state index in [-0.39, 0.29) is 5.97 Å². The predicted octanol–water partition coefficient (Wildman–Crippen LogP) is 2.60. The Labute approximate surface area is 84.9 Å². The van der Waals surface area contributed by atoms with E-state index in [1.54, 1.807) is 0 Å². The number of carbonyl (C=O) groups is 1. The van der Waals surface area contributed by atoms with Crippen LogP contribution in [0, 0.1) is 0 Å². The van der Waals surface area contributed by atoms with E-state index in [9.17, 15) is 4.79 Å². The largest absolute Gasteiger partial charge is 0.465 e. The van der Waals surface area contributed by atoms with Crippen LogP contribution in [0.4, 0.5) is 0 Å². The van der Waals surface area contributed by atoms with Crippen molar-refractivity contribution in [3.63, 3.8) is 0 Å². The van der Waals surface area contributed by atoms with Crippen molar-refractivity contribution in [2.75, 3.05) is 7.11 Å². The van der Waals surface area contributed by atoms with Crippen molar-refractivity contribution in [2.45, 2.75) is 26.7 Å². The Morgan fingerprint density at radius 2 is 1.86 bits per heavy atom. The summed E-state index contributed by atoms with van der Waals surface area (Å²) in [6.45, 7) is 4.21. The molecule has 0 unspecified atom stereocenters. The average molecular weight is 192 g/mol. The number of carbonyl (C=O) groups excluding carboxylic acids is 1. The number of benzene rings is 1. The minimum absolute atomic E-state index is 0.262. The number of ether oxygens (including phenoxy) is 1. The fourth-order valence-corrected chi connectivity index (χ4v) is 1.54. The van der Waals surface area contributed by atoms with E-state index in [1.165, 1.54) is 18.2 Å². The molecule has 0 atom stereocenters. The fraction of sp³-hybridized carbons (Fsp3) is 0.417. The van der Waals surface area contributed by atoms with Gasteiger partial charge in [0.1, 0.15) is 0 Å². The first-order chi connectivity index (χ1) is 6.72. The van der Waals surface area contributed by atoms with Gasteiger partial charge in [-0.1, -0.05) is 19.9 Å². The molecular weight excluding hydrogens is 176 g/mol. The van der Waals surface area contributed by atoms with Crippen LogP contribution in [0.1, 0.15) is 35.3 Å². The van der Waals surface area contributed by atoms with Gasteiger partial charge in [-0.25, -0.2) is 4.79 Å². The Morgan fingerprint density at radius 3 is 2.36 bits per heavy atom. The summed E-state index contributed by atoms with van der Waals surface area (Å²) in [7, 11) is 1.40. The zero-order chi connectivity index (χ0) is 10.6. The van der Waals surface area contributed by atoms with Crippen molar-refractivity contribution >= 4 is 5.97 Å². The third kappa shape index (κ3) is 2.13. The minimum atomic E-state index is -0.262. The third-order valence-electron chi connectivity index (χ3n) is 2.39. The molecule has 0 spiro atoms. The number of hydrogen-bond acceptors (Lipinski definition) is 2. The van der Waals surface area contributed by atoms with Gasteiger partial charge in [-0.2, -0.15) is 0 Å².